The van der Waals surface area contributed by atoms with Crippen LogP contribution in [-0.4, -0.2) is 23.8 Å². The molecule has 0 unspecified atom stereocenters. The van der Waals surface area contributed by atoms with Crippen molar-refractivity contribution in [2.45, 2.75) is 25.7 Å². The number of esters is 1. The molecule has 1 aromatic heterocycles. The number of ketones is 1. The van der Waals surface area contributed by atoms with E-state index >= 15 is 0 Å². The van der Waals surface area contributed by atoms with Crippen LogP contribution in [-0.2, 0) is 9.53 Å². The Morgan fingerprint density at radius 1 is 1.29 bits per heavy atom. The van der Waals surface area contributed by atoms with E-state index in [2.05, 4.69) is 4.98 Å². The number of methoxy groups -OCH3 is 1. The molecular formula is C12H15NO3S. The Bertz CT molecular complexity index is 394. The van der Waals surface area contributed by atoms with Gasteiger partial charge >= 0.3 is 5.97 Å². The van der Waals surface area contributed by atoms with Crippen LogP contribution in [0.5, 0.6) is 0 Å². The van der Waals surface area contributed by atoms with Crippen molar-refractivity contribution >= 4 is 23.1 Å². The van der Waals surface area contributed by atoms with Gasteiger partial charge in [-0.05, 0) is 25.7 Å². The number of nitrogens with zero attached hydrogens (tertiary/aromatic N) is 1. The van der Waals surface area contributed by atoms with Crippen molar-refractivity contribution in [1.29, 1.82) is 0 Å². The molecule has 0 saturated heterocycles. The monoisotopic (exact) mass is 253 g/mol. The second kappa shape index (κ2) is 5.40. The van der Waals surface area contributed by atoms with Gasteiger partial charge < -0.3 is 4.74 Å². The van der Waals surface area contributed by atoms with Crippen molar-refractivity contribution in [2.75, 3.05) is 7.11 Å². The molecule has 0 atom stereocenters. The number of rotatable bonds is 3. The zero-order valence-electron chi connectivity index (χ0n) is 9.72. The summed E-state index contributed by atoms with van der Waals surface area (Å²) in [6.45, 7) is 0. The number of carbonyl (C=O) groups is 2. The fourth-order valence-electron chi connectivity index (χ4n) is 2.28. The maximum atomic E-state index is 12.0. The molecule has 1 fully saturated rings. The molecular weight excluding hydrogens is 238 g/mol. The molecule has 5 heteroatoms. The van der Waals surface area contributed by atoms with Crippen molar-refractivity contribution in [1.82, 2.24) is 4.98 Å². The van der Waals surface area contributed by atoms with Crippen LogP contribution in [0.3, 0.4) is 0 Å². The van der Waals surface area contributed by atoms with Gasteiger partial charge in [-0.3, -0.25) is 9.59 Å². The number of aromatic nitrogens is 1. The number of thiazole rings is 1. The third-order valence-electron chi connectivity index (χ3n) is 3.28. The maximum Gasteiger partial charge on any atom is 0.308 e. The molecule has 17 heavy (non-hydrogen) atoms. The van der Waals surface area contributed by atoms with Gasteiger partial charge in [0.05, 0.1) is 13.0 Å². The Morgan fingerprint density at radius 2 is 1.94 bits per heavy atom. The van der Waals surface area contributed by atoms with E-state index in [9.17, 15) is 9.59 Å². The zero-order chi connectivity index (χ0) is 12.3. The summed E-state index contributed by atoms with van der Waals surface area (Å²) in [6, 6.07) is 0. The maximum absolute atomic E-state index is 12.0. The predicted molar refractivity (Wildman–Crippen MR) is 63.9 cm³/mol. The third-order valence-corrected chi connectivity index (χ3v) is 4.06. The van der Waals surface area contributed by atoms with Crippen molar-refractivity contribution in [3.8, 4) is 0 Å². The predicted octanol–water partition coefficient (Wildman–Crippen LogP) is 2.31. The molecule has 0 radical (unpaired) electrons. The quantitative estimate of drug-likeness (QED) is 0.612. The molecule has 4 nitrogen and oxygen atoms in total. The molecule has 1 aliphatic carbocycles. The summed E-state index contributed by atoms with van der Waals surface area (Å²) in [6.07, 6.45) is 4.66. The van der Waals surface area contributed by atoms with Crippen LogP contribution < -0.4 is 0 Å². The summed E-state index contributed by atoms with van der Waals surface area (Å²) in [5, 5.41) is 2.40. The van der Waals surface area contributed by atoms with Crippen LogP contribution >= 0.6 is 11.3 Å². The van der Waals surface area contributed by atoms with Gasteiger partial charge in [-0.2, -0.15) is 0 Å². The first kappa shape index (κ1) is 12.2. The Labute approximate surface area is 104 Å². The average molecular weight is 253 g/mol. The standard InChI is InChI=1S/C12H15NO3S/c1-16-12(15)9-4-2-8(3-5-9)10(14)11-13-6-7-17-11/h6-9H,2-5H2,1H3. The second-order valence-electron chi connectivity index (χ2n) is 4.27. The lowest BCUT2D eigenvalue weighted by Crippen LogP contribution is -2.26. The Hall–Kier alpha value is -1.23. The molecule has 2 rings (SSSR count). The first-order valence-electron chi connectivity index (χ1n) is 5.74. The van der Waals surface area contributed by atoms with E-state index in [0.29, 0.717) is 5.01 Å². The van der Waals surface area contributed by atoms with E-state index < -0.39 is 0 Å². The largest absolute Gasteiger partial charge is 0.469 e. The number of hydrogen-bond donors (Lipinski definition) is 0. The van der Waals surface area contributed by atoms with Crippen LogP contribution in [0.2, 0.25) is 0 Å². The van der Waals surface area contributed by atoms with Gasteiger partial charge in [-0.15, -0.1) is 11.3 Å². The number of hydrogen-bond acceptors (Lipinski definition) is 5. The lowest BCUT2D eigenvalue weighted by molar-refractivity contribution is -0.146. The number of carbonyl (C=O) groups excluding carboxylic acids is 2. The minimum absolute atomic E-state index is 0.0275. The summed E-state index contributed by atoms with van der Waals surface area (Å²) in [4.78, 5) is 27.4. The third kappa shape index (κ3) is 2.72. The highest BCUT2D eigenvalue weighted by Gasteiger charge is 2.31. The average Bonchev–Trinajstić information content (AvgIpc) is 2.91. The first-order valence-corrected chi connectivity index (χ1v) is 6.62. The molecule has 0 spiro atoms. The molecule has 1 aliphatic rings. The van der Waals surface area contributed by atoms with E-state index in [-0.39, 0.29) is 23.6 Å². The molecule has 92 valence electrons. The highest BCUT2D eigenvalue weighted by molar-refractivity contribution is 7.11. The highest BCUT2D eigenvalue weighted by Crippen LogP contribution is 2.31. The lowest BCUT2D eigenvalue weighted by Gasteiger charge is -2.25. The Balaban J connectivity index is 1.91. The summed E-state index contributed by atoms with van der Waals surface area (Å²) in [5.74, 6) is -0.0177. The second-order valence-corrected chi connectivity index (χ2v) is 5.17. The molecule has 0 amide bonds. The Kier molecular flexibility index (Phi) is 3.89. The topological polar surface area (TPSA) is 56.3 Å². The molecule has 0 aliphatic heterocycles. The van der Waals surface area contributed by atoms with E-state index in [1.807, 2.05) is 5.38 Å². The highest BCUT2D eigenvalue weighted by atomic mass is 32.1. The van der Waals surface area contributed by atoms with E-state index in [4.69, 9.17) is 4.74 Å². The fraction of sp³-hybridized carbons (Fsp3) is 0.583. The molecule has 1 saturated carbocycles. The van der Waals surface area contributed by atoms with Gasteiger partial charge in [0.25, 0.3) is 0 Å². The Morgan fingerprint density at radius 3 is 2.47 bits per heavy atom. The van der Waals surface area contributed by atoms with Gasteiger partial charge in [0.2, 0.25) is 0 Å². The van der Waals surface area contributed by atoms with Crippen molar-refractivity contribution in [3.63, 3.8) is 0 Å². The normalized spacial score (nSPS) is 24.3. The summed E-state index contributed by atoms with van der Waals surface area (Å²) < 4.78 is 4.72. The SMILES string of the molecule is COC(=O)C1CCC(C(=O)c2nccs2)CC1. The molecule has 0 aromatic carbocycles. The van der Waals surface area contributed by atoms with Gasteiger partial charge in [0, 0.05) is 17.5 Å². The van der Waals surface area contributed by atoms with Crippen LogP contribution in [0.4, 0.5) is 0 Å². The van der Waals surface area contributed by atoms with Crippen LogP contribution in [0, 0.1) is 11.8 Å². The smallest absolute Gasteiger partial charge is 0.308 e. The number of Topliss-reactive ketones (excluding diaryl/α,β-unsaturated/α-hetero) is 1. The van der Waals surface area contributed by atoms with E-state index in [1.165, 1.54) is 18.4 Å². The van der Waals surface area contributed by atoms with E-state index in [0.717, 1.165) is 25.7 Å². The van der Waals surface area contributed by atoms with E-state index in [1.54, 1.807) is 6.20 Å². The molecule has 1 aromatic rings. The first-order chi connectivity index (χ1) is 8.22. The lowest BCUT2D eigenvalue weighted by atomic mass is 9.80. The molecule has 0 bridgehead atoms. The van der Waals surface area contributed by atoms with Crippen LogP contribution in [0.25, 0.3) is 0 Å². The number of ether oxygens (including phenoxy) is 1. The van der Waals surface area contributed by atoms with Crippen LogP contribution in [0.1, 0.15) is 35.5 Å². The van der Waals surface area contributed by atoms with Gasteiger partial charge in [0.1, 0.15) is 0 Å². The van der Waals surface area contributed by atoms with Crippen LogP contribution in [0.15, 0.2) is 11.6 Å². The zero-order valence-corrected chi connectivity index (χ0v) is 10.5. The van der Waals surface area contributed by atoms with Crippen molar-refractivity contribution in [3.05, 3.63) is 16.6 Å². The summed E-state index contributed by atoms with van der Waals surface area (Å²) in [5.41, 5.74) is 0. The van der Waals surface area contributed by atoms with Gasteiger partial charge in [-0.25, -0.2) is 4.98 Å². The summed E-state index contributed by atoms with van der Waals surface area (Å²) in [7, 11) is 1.41. The van der Waals surface area contributed by atoms with Crippen molar-refractivity contribution in [2.24, 2.45) is 11.8 Å². The summed E-state index contributed by atoms with van der Waals surface area (Å²) >= 11 is 1.38. The van der Waals surface area contributed by atoms with Crippen molar-refractivity contribution < 1.29 is 14.3 Å². The minimum atomic E-state index is -0.148. The molecule has 0 N–H and O–H groups in total. The van der Waals surface area contributed by atoms with Gasteiger partial charge in [-0.1, -0.05) is 0 Å². The van der Waals surface area contributed by atoms with Gasteiger partial charge in [0.15, 0.2) is 10.8 Å². The fourth-order valence-corrected chi connectivity index (χ4v) is 2.93. The minimum Gasteiger partial charge on any atom is -0.469 e. The molecule has 1 heterocycles.